The third-order valence-corrected chi connectivity index (χ3v) is 12.5. The Labute approximate surface area is 356 Å². The Morgan fingerprint density at radius 3 is 2.52 bits per heavy atom. The van der Waals surface area contributed by atoms with Crippen LogP contribution in [-0.4, -0.2) is 78.6 Å². The van der Waals surface area contributed by atoms with Crippen LogP contribution in [0.25, 0.3) is 0 Å². The smallest absolute Gasteiger partial charge is 0.410 e. The van der Waals surface area contributed by atoms with E-state index in [-0.39, 0.29) is 63.0 Å². The molecule has 11 nitrogen and oxygen atoms in total. The van der Waals surface area contributed by atoms with Crippen molar-refractivity contribution in [2.75, 3.05) is 33.5 Å². The van der Waals surface area contributed by atoms with Gasteiger partial charge < -0.3 is 38.7 Å². The molecule has 1 saturated heterocycles. The fourth-order valence-electron chi connectivity index (χ4n) is 9.64. The number of allylic oxidation sites excluding steroid dienone is 1. The molecule has 2 aliphatic carbocycles. The Balaban J connectivity index is 1.43. The average molecular weight is 845 g/mol. The second kappa shape index (κ2) is 20.8. The van der Waals surface area contributed by atoms with Gasteiger partial charge in [-0.25, -0.2) is 13.6 Å². The van der Waals surface area contributed by atoms with Crippen LogP contribution in [0.2, 0.25) is 0 Å². The highest BCUT2D eigenvalue weighted by molar-refractivity contribution is 6.03. The number of benzene rings is 3. The number of aliphatic hydroxyl groups is 2. The van der Waals surface area contributed by atoms with Crippen molar-refractivity contribution < 1.29 is 52.3 Å². The molecule has 13 heteroatoms. The molecule has 0 spiro atoms. The number of rotatable bonds is 19. The number of fused-ring (bicyclic) bond motifs is 2. The molecule has 0 radical (unpaired) electrons. The Hall–Kier alpha value is -4.82. The fraction of sp³-hybridized carbons (Fsp3) is 0.500. The molecule has 7 atom stereocenters. The third kappa shape index (κ3) is 9.96. The molecule has 4 aliphatic rings. The minimum absolute atomic E-state index is 0.0103. The SMILES string of the molecule is C=CCO[C@@]12Oc3ccc(OCc4ccccc4F)cc3[C@H]3[C@H](CCCCO)[C@@H](CCCCO)C=C(C(=NOC4CCCCO4)C[C@@H]1N(Cc1ccc(F)cc1)C(=O)OC)[C@H]32. The number of hydrogen-bond donors (Lipinski definition) is 2. The van der Waals surface area contributed by atoms with Gasteiger partial charge in [0.2, 0.25) is 12.1 Å². The second-order valence-electron chi connectivity index (χ2n) is 16.3. The highest BCUT2D eigenvalue weighted by atomic mass is 19.1. The lowest BCUT2D eigenvalue weighted by atomic mass is 9.55. The summed E-state index contributed by atoms with van der Waals surface area (Å²) in [6, 6.07) is 17.2. The van der Waals surface area contributed by atoms with Gasteiger partial charge in [-0.2, -0.15) is 0 Å². The van der Waals surface area contributed by atoms with E-state index in [4.69, 9.17) is 33.7 Å². The predicted octanol–water partition coefficient (Wildman–Crippen LogP) is 8.97. The summed E-state index contributed by atoms with van der Waals surface area (Å²) >= 11 is 0. The predicted molar refractivity (Wildman–Crippen MR) is 225 cm³/mol. The highest BCUT2D eigenvalue weighted by Gasteiger charge is 2.65. The topological polar surface area (TPSA) is 129 Å². The molecule has 3 aromatic carbocycles. The zero-order chi connectivity index (χ0) is 42.8. The molecule has 2 N–H and O–H groups in total. The molecule has 0 aromatic heterocycles. The second-order valence-corrected chi connectivity index (χ2v) is 16.3. The molecule has 2 fully saturated rings. The van der Waals surface area contributed by atoms with Crippen molar-refractivity contribution in [1.29, 1.82) is 0 Å². The van der Waals surface area contributed by atoms with E-state index in [1.165, 1.54) is 25.3 Å². The molecule has 328 valence electrons. The highest BCUT2D eigenvalue weighted by Crippen LogP contribution is 2.62. The van der Waals surface area contributed by atoms with Crippen LogP contribution in [0.3, 0.4) is 0 Å². The Morgan fingerprint density at radius 2 is 1.80 bits per heavy atom. The van der Waals surface area contributed by atoms with Gasteiger partial charge in [0.25, 0.3) is 0 Å². The number of carbonyl (C=O) groups excluding carboxylic acids is 1. The zero-order valence-corrected chi connectivity index (χ0v) is 34.9. The van der Waals surface area contributed by atoms with Crippen LogP contribution >= 0.6 is 0 Å². The van der Waals surface area contributed by atoms with Crippen LogP contribution in [0, 0.1) is 29.4 Å². The number of oxime groups is 1. The van der Waals surface area contributed by atoms with Crippen LogP contribution in [0.4, 0.5) is 13.6 Å². The maximum absolute atomic E-state index is 14.7. The third-order valence-electron chi connectivity index (χ3n) is 12.5. The van der Waals surface area contributed by atoms with Crippen LogP contribution in [0.5, 0.6) is 11.5 Å². The first-order valence-corrected chi connectivity index (χ1v) is 21.6. The number of carbonyl (C=O) groups is 1. The molecule has 2 aliphatic heterocycles. The van der Waals surface area contributed by atoms with Crippen molar-refractivity contribution in [3.05, 3.63) is 119 Å². The average Bonchev–Trinajstić information content (AvgIpc) is 3.28. The Morgan fingerprint density at radius 1 is 1.02 bits per heavy atom. The van der Waals surface area contributed by atoms with Crippen molar-refractivity contribution in [3.8, 4) is 11.5 Å². The number of hydrogen-bond acceptors (Lipinski definition) is 10. The number of unbranched alkanes of at least 4 members (excludes halogenated alkanes) is 2. The van der Waals surface area contributed by atoms with Crippen LogP contribution < -0.4 is 9.47 Å². The molecule has 2 heterocycles. The first kappa shape index (κ1) is 44.2. The summed E-state index contributed by atoms with van der Waals surface area (Å²) in [4.78, 5) is 22.0. The maximum atomic E-state index is 14.7. The van der Waals surface area contributed by atoms with Gasteiger partial charge in [-0.3, -0.25) is 4.90 Å². The molecule has 0 bridgehead atoms. The van der Waals surface area contributed by atoms with Crippen molar-refractivity contribution >= 4 is 11.8 Å². The first-order chi connectivity index (χ1) is 29.8. The molecular formula is C48H58F2N2O9. The van der Waals surface area contributed by atoms with E-state index in [0.29, 0.717) is 54.2 Å². The largest absolute Gasteiger partial charge is 0.489 e. The van der Waals surface area contributed by atoms with Gasteiger partial charge in [-0.1, -0.05) is 60.5 Å². The number of aliphatic hydroxyl groups excluding tert-OH is 2. The summed E-state index contributed by atoms with van der Waals surface area (Å²) in [6.07, 6.45) is 9.73. The number of methoxy groups -OCH3 is 1. The maximum Gasteiger partial charge on any atom is 0.410 e. The van der Waals surface area contributed by atoms with Crippen molar-refractivity contribution in [2.24, 2.45) is 22.9 Å². The van der Waals surface area contributed by atoms with E-state index in [0.717, 1.165) is 49.7 Å². The summed E-state index contributed by atoms with van der Waals surface area (Å²) in [5, 5.41) is 24.7. The van der Waals surface area contributed by atoms with Crippen LogP contribution in [0.15, 0.2) is 96.2 Å². The van der Waals surface area contributed by atoms with Crippen molar-refractivity contribution in [2.45, 2.75) is 101 Å². The normalized spacial score (nSPS) is 26.0. The van der Waals surface area contributed by atoms with Gasteiger partial charge in [0.1, 0.15) is 35.8 Å². The monoisotopic (exact) mass is 844 g/mol. The van der Waals surface area contributed by atoms with E-state index in [9.17, 15) is 23.8 Å². The van der Waals surface area contributed by atoms with Crippen LogP contribution in [-0.2, 0) is 32.2 Å². The van der Waals surface area contributed by atoms with E-state index >= 15 is 0 Å². The lowest BCUT2D eigenvalue weighted by molar-refractivity contribution is -0.256. The van der Waals surface area contributed by atoms with E-state index in [1.807, 2.05) is 12.1 Å². The van der Waals surface area contributed by atoms with Crippen molar-refractivity contribution in [3.63, 3.8) is 0 Å². The number of amides is 1. The summed E-state index contributed by atoms with van der Waals surface area (Å²) < 4.78 is 60.9. The minimum Gasteiger partial charge on any atom is -0.489 e. The summed E-state index contributed by atoms with van der Waals surface area (Å²) in [6.45, 7) is 4.80. The van der Waals surface area contributed by atoms with Crippen LogP contribution in [0.1, 0.15) is 86.8 Å². The fourth-order valence-corrected chi connectivity index (χ4v) is 9.64. The number of nitrogens with zero attached hydrogens (tertiary/aromatic N) is 2. The van der Waals surface area contributed by atoms with E-state index in [1.54, 1.807) is 47.4 Å². The molecule has 1 unspecified atom stereocenters. The lowest BCUT2D eigenvalue weighted by Gasteiger charge is -2.59. The molecule has 7 rings (SSSR count). The lowest BCUT2D eigenvalue weighted by Crippen LogP contribution is -2.70. The quantitative estimate of drug-likeness (QED) is 0.0691. The molecule has 61 heavy (non-hydrogen) atoms. The van der Waals surface area contributed by atoms with Gasteiger partial charge in [0, 0.05) is 49.6 Å². The summed E-state index contributed by atoms with van der Waals surface area (Å²) in [5.74, 6) is -2.14. The first-order valence-electron chi connectivity index (χ1n) is 21.6. The molecular weight excluding hydrogens is 787 g/mol. The molecule has 3 aromatic rings. The summed E-state index contributed by atoms with van der Waals surface area (Å²) in [7, 11) is 1.32. The number of ether oxygens (including phenoxy) is 5. The van der Waals surface area contributed by atoms with Crippen molar-refractivity contribution in [1.82, 2.24) is 4.90 Å². The van der Waals surface area contributed by atoms with E-state index in [2.05, 4.69) is 12.7 Å². The van der Waals surface area contributed by atoms with Gasteiger partial charge in [0.05, 0.1) is 32.0 Å². The number of halogens is 2. The standard InChI is InChI=1S/C48H58F2N2O9/c1-3-25-59-48-43(52(47(55)56-2)30-32-17-19-35(49)20-18-32)29-41(51-61-44-16-8-11-26-57-44)38-27-33(12-6-9-23-53)37(14-7-10-24-54)45(46(38)48)39-28-36(21-22-42(39)60-48)58-31-34-13-4-5-15-40(34)50/h3-5,13,15,17-22,27-28,33,37,43-46,53-54H,1,6-12,14,16,23-26,29-31H2,2H3/t33-,37+,43-,44?,45+,46+,48+/m0/s1. The Bertz CT molecular complexity index is 2000. The Kier molecular flexibility index (Phi) is 15.1. The minimum atomic E-state index is -1.53. The van der Waals surface area contributed by atoms with Gasteiger partial charge in [-0.05, 0) is 97.9 Å². The zero-order valence-electron chi connectivity index (χ0n) is 34.9. The molecule has 1 amide bonds. The van der Waals surface area contributed by atoms with Gasteiger partial charge >= 0.3 is 6.09 Å². The van der Waals surface area contributed by atoms with Gasteiger partial charge in [-0.15, -0.1) is 6.58 Å². The van der Waals surface area contributed by atoms with E-state index < -0.39 is 35.9 Å². The van der Waals surface area contributed by atoms with Gasteiger partial charge in [0.15, 0.2) is 0 Å². The summed E-state index contributed by atoms with van der Waals surface area (Å²) in [5.41, 5.74) is 3.42. The molecule has 1 saturated carbocycles.